The highest BCUT2D eigenvalue weighted by Crippen LogP contribution is 2.46. The van der Waals surface area contributed by atoms with Crippen LogP contribution in [0.1, 0.15) is 57.3 Å². The van der Waals surface area contributed by atoms with Crippen LogP contribution in [0, 0.1) is 6.92 Å². The maximum Gasteiger partial charge on any atom is 0.141 e. The monoisotopic (exact) mass is 718 g/mol. The van der Waals surface area contributed by atoms with E-state index in [9.17, 15) is 0 Å². The van der Waals surface area contributed by atoms with Crippen molar-refractivity contribution in [1.82, 2.24) is 0 Å². The van der Waals surface area contributed by atoms with Gasteiger partial charge in [-0.2, -0.15) is 0 Å². The zero-order valence-corrected chi connectivity index (χ0v) is 31.6. The van der Waals surface area contributed by atoms with Crippen molar-refractivity contribution in [2.24, 2.45) is 4.99 Å². The molecule has 0 fully saturated rings. The third-order valence-electron chi connectivity index (χ3n) is 11.3. The Morgan fingerprint density at radius 2 is 1.58 bits per heavy atom. The first-order valence-electron chi connectivity index (χ1n) is 18.4. The second kappa shape index (κ2) is 12.5. The Labute approximate surface area is 318 Å². The van der Waals surface area contributed by atoms with Gasteiger partial charge in [-0.15, -0.1) is 22.7 Å². The van der Waals surface area contributed by atoms with Crippen LogP contribution >= 0.6 is 22.7 Å². The highest BCUT2D eigenvalue weighted by molar-refractivity contribution is 7.20. The Morgan fingerprint density at radius 1 is 0.792 bits per heavy atom. The molecule has 0 bridgehead atoms. The average molecular weight is 719 g/mol. The molecule has 2 aliphatic carbocycles. The lowest BCUT2D eigenvalue weighted by Crippen LogP contribution is -2.32. The first kappa shape index (κ1) is 32.1. The Hall–Kier alpha value is -5.55. The van der Waals surface area contributed by atoms with E-state index in [0.29, 0.717) is 6.54 Å². The van der Waals surface area contributed by atoms with E-state index in [0.717, 1.165) is 58.8 Å². The maximum atomic E-state index is 5.77. The van der Waals surface area contributed by atoms with Crippen molar-refractivity contribution in [2.45, 2.75) is 39.7 Å². The van der Waals surface area contributed by atoms with E-state index in [-0.39, 0.29) is 0 Å². The summed E-state index contributed by atoms with van der Waals surface area (Å²) in [6, 6.07) is 37.5. The van der Waals surface area contributed by atoms with E-state index in [1.165, 1.54) is 74.1 Å². The third kappa shape index (κ3) is 5.15. The van der Waals surface area contributed by atoms with Crippen molar-refractivity contribution in [3.05, 3.63) is 177 Å². The van der Waals surface area contributed by atoms with Gasteiger partial charge >= 0.3 is 0 Å². The molecular formula is C49H38N2S2. The number of amidine groups is 1. The molecule has 3 aliphatic rings. The third-order valence-corrected chi connectivity index (χ3v) is 13.5. The number of aliphatic imine (C=N–C) groups is 1. The Bertz CT molecular complexity index is 2850. The normalized spacial score (nSPS) is 16.6. The first-order chi connectivity index (χ1) is 25.9. The van der Waals surface area contributed by atoms with Gasteiger partial charge in [0.25, 0.3) is 0 Å². The van der Waals surface area contributed by atoms with Crippen LogP contribution in [0.5, 0.6) is 0 Å². The predicted molar refractivity (Wildman–Crippen MR) is 233 cm³/mol. The molecule has 0 atom stereocenters. The molecule has 0 saturated heterocycles. The van der Waals surface area contributed by atoms with Crippen LogP contribution in [0.15, 0.2) is 145 Å². The molecule has 10 rings (SSSR count). The van der Waals surface area contributed by atoms with Gasteiger partial charge in [-0.1, -0.05) is 110 Å². The number of thiophene rings is 2. The number of anilines is 1. The zero-order chi connectivity index (χ0) is 35.8. The molecule has 0 N–H and O–H groups in total. The average Bonchev–Trinajstić information content (AvgIpc) is 3.86. The van der Waals surface area contributed by atoms with Crippen LogP contribution in [0.4, 0.5) is 11.4 Å². The van der Waals surface area contributed by atoms with Crippen molar-refractivity contribution >= 4 is 93.6 Å². The lowest BCUT2D eigenvalue weighted by Gasteiger charge is -2.30. The van der Waals surface area contributed by atoms with E-state index in [1.807, 2.05) is 22.7 Å². The number of fused-ring (bicyclic) bond motifs is 9. The SMILES string of the molecule is C=C1/C(C)=C\c2c(sc3ccc4ccccc4c23)CN(/C(=N/c2c(C)sc3ccccc23)C(=C)c2cccc3c2CC2=C3CCC=C2)c2ccccc21. The van der Waals surface area contributed by atoms with Gasteiger partial charge in [0.05, 0.1) is 17.9 Å². The molecule has 4 heteroatoms. The zero-order valence-electron chi connectivity index (χ0n) is 30.0. The summed E-state index contributed by atoms with van der Waals surface area (Å²) in [6.45, 7) is 14.8. The molecule has 0 spiro atoms. The number of para-hydroxylation sites is 1. The van der Waals surface area contributed by atoms with Gasteiger partial charge in [0.1, 0.15) is 5.84 Å². The van der Waals surface area contributed by atoms with Crippen LogP contribution in [0.2, 0.25) is 0 Å². The van der Waals surface area contributed by atoms with E-state index in [2.05, 4.69) is 140 Å². The van der Waals surface area contributed by atoms with Crippen LogP contribution in [-0.2, 0) is 13.0 Å². The second-order valence-electron chi connectivity index (χ2n) is 14.4. The first-order valence-corrected chi connectivity index (χ1v) is 20.0. The quantitative estimate of drug-likeness (QED) is 0.131. The molecule has 3 heterocycles. The molecule has 1 aliphatic heterocycles. The topological polar surface area (TPSA) is 15.6 Å². The predicted octanol–water partition coefficient (Wildman–Crippen LogP) is 14.1. The molecule has 2 nitrogen and oxygen atoms in total. The molecule has 5 aromatic carbocycles. The Balaban J connectivity index is 1.24. The van der Waals surface area contributed by atoms with Crippen molar-refractivity contribution < 1.29 is 0 Å². The number of rotatable bonds is 3. The highest BCUT2D eigenvalue weighted by Gasteiger charge is 2.30. The van der Waals surface area contributed by atoms with E-state index < -0.39 is 0 Å². The molecule has 53 heavy (non-hydrogen) atoms. The molecular weight excluding hydrogens is 681 g/mol. The van der Waals surface area contributed by atoms with Gasteiger partial charge in [-0.3, -0.25) is 0 Å². The minimum Gasteiger partial charge on any atom is -0.320 e. The number of benzene rings is 5. The summed E-state index contributed by atoms with van der Waals surface area (Å²) in [5.41, 5.74) is 14.4. The Kier molecular flexibility index (Phi) is 7.61. The summed E-state index contributed by atoms with van der Waals surface area (Å²) >= 11 is 3.70. The van der Waals surface area contributed by atoms with Crippen molar-refractivity contribution in [1.29, 1.82) is 0 Å². The number of aryl methyl sites for hydroxylation is 1. The summed E-state index contributed by atoms with van der Waals surface area (Å²) in [6.07, 6.45) is 10.1. The number of hydrogen-bond acceptors (Lipinski definition) is 3. The molecule has 0 unspecified atom stereocenters. The Morgan fingerprint density at radius 3 is 2.49 bits per heavy atom. The second-order valence-corrected chi connectivity index (χ2v) is 16.8. The van der Waals surface area contributed by atoms with Gasteiger partial charge in [0, 0.05) is 41.1 Å². The van der Waals surface area contributed by atoms with Gasteiger partial charge in [-0.25, -0.2) is 4.99 Å². The maximum absolute atomic E-state index is 5.77. The lowest BCUT2D eigenvalue weighted by molar-refractivity contribution is 1.03. The van der Waals surface area contributed by atoms with Gasteiger partial charge < -0.3 is 4.90 Å². The van der Waals surface area contributed by atoms with E-state index in [4.69, 9.17) is 18.2 Å². The minimum atomic E-state index is 0.641. The molecule has 0 amide bonds. The van der Waals surface area contributed by atoms with Crippen molar-refractivity contribution in [2.75, 3.05) is 4.90 Å². The van der Waals surface area contributed by atoms with Crippen LogP contribution in [0.25, 0.3) is 53.7 Å². The van der Waals surface area contributed by atoms with Gasteiger partial charge in [-0.05, 0) is 113 Å². The summed E-state index contributed by atoms with van der Waals surface area (Å²) in [7, 11) is 0. The molecule has 2 aromatic heterocycles. The largest absolute Gasteiger partial charge is 0.320 e. The lowest BCUT2D eigenvalue weighted by atomic mass is 9.93. The molecule has 256 valence electrons. The van der Waals surface area contributed by atoms with Crippen LogP contribution in [0.3, 0.4) is 0 Å². The van der Waals surface area contributed by atoms with Crippen molar-refractivity contribution in [3.63, 3.8) is 0 Å². The molecule has 0 saturated carbocycles. The summed E-state index contributed by atoms with van der Waals surface area (Å²) < 4.78 is 2.54. The summed E-state index contributed by atoms with van der Waals surface area (Å²) in [5.74, 6) is 0.874. The fourth-order valence-corrected chi connectivity index (χ4v) is 10.8. The van der Waals surface area contributed by atoms with E-state index >= 15 is 0 Å². The molecule has 0 radical (unpaired) electrons. The van der Waals surface area contributed by atoms with E-state index in [1.54, 1.807) is 0 Å². The standard InChI is InChI=1S/C49H38N2S2/c1-29-26-42-46(53-45-25-24-33-14-5-8-18-38(33)47(42)45)28-51(43-22-11-9-16-36(43)30(29)2)49(50-48-32(4)52-44-23-12-10-19-40(44)48)31(3)35-20-13-21-39-37-17-7-6-15-34(37)27-41(35)39/h5-6,8-16,18-26H,2-3,7,17,27-28H2,1,4H3/b29-26-,50-49+. The smallest absolute Gasteiger partial charge is 0.141 e. The summed E-state index contributed by atoms with van der Waals surface area (Å²) in [4.78, 5) is 10.7. The van der Waals surface area contributed by atoms with Gasteiger partial charge in [0.2, 0.25) is 0 Å². The van der Waals surface area contributed by atoms with Crippen LogP contribution < -0.4 is 4.90 Å². The minimum absolute atomic E-state index is 0.641. The van der Waals surface area contributed by atoms with Crippen LogP contribution in [-0.4, -0.2) is 5.84 Å². The fraction of sp³-hybridized carbons (Fsp3) is 0.122. The summed E-state index contributed by atoms with van der Waals surface area (Å²) in [5, 5.41) is 5.02. The van der Waals surface area contributed by atoms with Gasteiger partial charge in [0.15, 0.2) is 0 Å². The van der Waals surface area contributed by atoms with Crippen molar-refractivity contribution in [3.8, 4) is 0 Å². The number of allylic oxidation sites excluding steroid dienone is 6. The number of nitrogens with zero attached hydrogens (tertiary/aromatic N) is 2. The number of hydrogen-bond donors (Lipinski definition) is 0. The molecule has 7 aromatic rings. The highest BCUT2D eigenvalue weighted by atomic mass is 32.1. The fourth-order valence-electron chi connectivity index (χ4n) is 8.64.